The predicted molar refractivity (Wildman–Crippen MR) is 72.2 cm³/mol. The van der Waals surface area contributed by atoms with Crippen molar-refractivity contribution in [2.45, 2.75) is 32.8 Å². The van der Waals surface area contributed by atoms with Gasteiger partial charge in [-0.1, -0.05) is 0 Å². The highest BCUT2D eigenvalue weighted by molar-refractivity contribution is 6.01. The summed E-state index contributed by atoms with van der Waals surface area (Å²) in [5, 5.41) is 3.04. The maximum Gasteiger partial charge on any atom is 0.257 e. The molecule has 2 amide bonds. The fourth-order valence-electron chi connectivity index (χ4n) is 1.91. The Balaban J connectivity index is 1.91. The van der Waals surface area contributed by atoms with E-state index in [0.29, 0.717) is 37.6 Å². The molecule has 0 atom stereocenters. The van der Waals surface area contributed by atoms with Gasteiger partial charge in [-0.2, -0.15) is 0 Å². The maximum absolute atomic E-state index is 11.5. The zero-order chi connectivity index (χ0) is 14.5. The molecule has 20 heavy (non-hydrogen) atoms. The van der Waals surface area contributed by atoms with Crippen LogP contribution in [-0.4, -0.2) is 45.9 Å². The first-order valence-corrected chi connectivity index (χ1v) is 6.62. The molecule has 1 aromatic rings. The van der Waals surface area contributed by atoms with Crippen molar-refractivity contribution >= 4 is 17.6 Å². The summed E-state index contributed by atoms with van der Waals surface area (Å²) in [6.07, 6.45) is 3.73. The molecule has 0 radical (unpaired) electrons. The topological polar surface area (TPSA) is 84.4 Å². The monoisotopic (exact) mass is 278 g/mol. The van der Waals surface area contributed by atoms with Crippen LogP contribution in [0, 0.1) is 0 Å². The highest BCUT2D eigenvalue weighted by atomic mass is 16.5. The molecule has 0 aliphatic carbocycles. The Bertz CT molecular complexity index is 488. The average Bonchev–Trinajstić information content (AvgIpc) is 2.71. The van der Waals surface area contributed by atoms with Crippen molar-refractivity contribution in [3.05, 3.63) is 12.4 Å². The molecule has 1 N–H and O–H groups in total. The van der Waals surface area contributed by atoms with Crippen LogP contribution in [0.3, 0.4) is 0 Å². The number of amides is 2. The van der Waals surface area contributed by atoms with Crippen molar-refractivity contribution in [2.24, 2.45) is 0 Å². The summed E-state index contributed by atoms with van der Waals surface area (Å²) >= 11 is 0. The molecular formula is C13H18N4O3. The Labute approximate surface area is 117 Å². The maximum atomic E-state index is 11.5. The minimum absolute atomic E-state index is 0.00557. The molecule has 1 aromatic heterocycles. The molecule has 7 nitrogen and oxygen atoms in total. The van der Waals surface area contributed by atoms with Crippen LogP contribution in [0.25, 0.3) is 0 Å². The molecule has 0 unspecified atom stereocenters. The Kier molecular flexibility index (Phi) is 4.49. The van der Waals surface area contributed by atoms with E-state index in [2.05, 4.69) is 15.3 Å². The van der Waals surface area contributed by atoms with Crippen molar-refractivity contribution in [3.63, 3.8) is 0 Å². The zero-order valence-corrected chi connectivity index (χ0v) is 11.6. The van der Waals surface area contributed by atoms with E-state index in [9.17, 15) is 9.59 Å². The molecule has 1 saturated heterocycles. The van der Waals surface area contributed by atoms with Crippen LogP contribution in [0.4, 0.5) is 5.82 Å². The Morgan fingerprint density at radius 2 is 1.90 bits per heavy atom. The fraction of sp³-hybridized carbons (Fsp3) is 0.538. The minimum Gasteiger partial charge on any atom is -0.472 e. The van der Waals surface area contributed by atoms with Crippen molar-refractivity contribution in [2.75, 3.05) is 18.4 Å². The van der Waals surface area contributed by atoms with Gasteiger partial charge >= 0.3 is 0 Å². The number of ether oxygens (including phenoxy) is 1. The summed E-state index contributed by atoms with van der Waals surface area (Å²) in [6, 6.07) is 0. The van der Waals surface area contributed by atoms with Gasteiger partial charge in [0.1, 0.15) is 0 Å². The predicted octanol–water partition coefficient (Wildman–Crippen LogP) is 0.825. The SMILES string of the molecule is CC(C)Oc1nccnc1NCCN1C(=O)CCC1=O. The largest absolute Gasteiger partial charge is 0.472 e. The van der Waals surface area contributed by atoms with E-state index >= 15 is 0 Å². The fourth-order valence-corrected chi connectivity index (χ4v) is 1.91. The quantitative estimate of drug-likeness (QED) is 0.776. The van der Waals surface area contributed by atoms with E-state index in [-0.39, 0.29) is 17.9 Å². The molecule has 2 rings (SSSR count). The number of imide groups is 1. The van der Waals surface area contributed by atoms with E-state index in [1.165, 1.54) is 4.90 Å². The third-order valence-corrected chi connectivity index (χ3v) is 2.79. The molecule has 0 aromatic carbocycles. The van der Waals surface area contributed by atoms with Crippen molar-refractivity contribution in [1.82, 2.24) is 14.9 Å². The number of nitrogens with one attached hydrogen (secondary N) is 1. The first-order chi connectivity index (χ1) is 9.58. The first kappa shape index (κ1) is 14.2. The van der Waals surface area contributed by atoms with Gasteiger partial charge in [0.15, 0.2) is 5.82 Å². The molecule has 1 fully saturated rings. The van der Waals surface area contributed by atoms with Crippen LogP contribution < -0.4 is 10.1 Å². The summed E-state index contributed by atoms with van der Waals surface area (Å²) in [6.45, 7) is 4.56. The Morgan fingerprint density at radius 1 is 1.25 bits per heavy atom. The Hall–Kier alpha value is -2.18. The van der Waals surface area contributed by atoms with Gasteiger partial charge in [-0.25, -0.2) is 9.97 Å². The summed E-state index contributed by atoms with van der Waals surface area (Å²) in [5.41, 5.74) is 0. The van der Waals surface area contributed by atoms with Crippen molar-refractivity contribution < 1.29 is 14.3 Å². The van der Waals surface area contributed by atoms with E-state index in [1.807, 2.05) is 13.8 Å². The minimum atomic E-state index is -0.116. The van der Waals surface area contributed by atoms with Gasteiger partial charge < -0.3 is 10.1 Å². The normalized spacial score (nSPS) is 15.1. The molecule has 108 valence electrons. The van der Waals surface area contributed by atoms with E-state index in [0.717, 1.165) is 0 Å². The third kappa shape index (κ3) is 3.43. The molecule has 2 heterocycles. The smallest absolute Gasteiger partial charge is 0.257 e. The number of carbonyl (C=O) groups excluding carboxylic acids is 2. The number of nitrogens with zero attached hydrogens (tertiary/aromatic N) is 3. The first-order valence-electron chi connectivity index (χ1n) is 6.62. The van der Waals surface area contributed by atoms with Crippen LogP contribution in [0.1, 0.15) is 26.7 Å². The second-order valence-electron chi connectivity index (χ2n) is 4.74. The molecule has 1 aliphatic rings. The summed E-state index contributed by atoms with van der Waals surface area (Å²) in [7, 11) is 0. The molecule has 0 spiro atoms. The zero-order valence-electron chi connectivity index (χ0n) is 11.6. The van der Waals surface area contributed by atoms with Gasteiger partial charge in [-0.15, -0.1) is 0 Å². The number of anilines is 1. The number of hydrogen-bond acceptors (Lipinski definition) is 6. The van der Waals surface area contributed by atoms with Gasteiger partial charge in [-0.05, 0) is 13.8 Å². The second-order valence-corrected chi connectivity index (χ2v) is 4.74. The molecule has 1 aliphatic heterocycles. The molecule has 7 heteroatoms. The summed E-state index contributed by atoms with van der Waals surface area (Å²) < 4.78 is 5.53. The lowest BCUT2D eigenvalue weighted by atomic mass is 10.4. The standard InChI is InChI=1S/C13H18N4O3/c1-9(2)20-13-12(14-5-6-16-13)15-7-8-17-10(18)3-4-11(17)19/h5-6,9H,3-4,7-8H2,1-2H3,(H,14,15). The van der Waals surface area contributed by atoms with Crippen LogP contribution in [0.2, 0.25) is 0 Å². The van der Waals surface area contributed by atoms with Crippen LogP contribution in [0.5, 0.6) is 5.88 Å². The molecule has 0 saturated carbocycles. The van der Waals surface area contributed by atoms with Gasteiger partial charge in [0.2, 0.25) is 11.8 Å². The van der Waals surface area contributed by atoms with E-state index < -0.39 is 0 Å². The van der Waals surface area contributed by atoms with Crippen LogP contribution in [-0.2, 0) is 9.59 Å². The van der Waals surface area contributed by atoms with Crippen molar-refractivity contribution in [3.8, 4) is 5.88 Å². The van der Waals surface area contributed by atoms with E-state index in [1.54, 1.807) is 12.4 Å². The van der Waals surface area contributed by atoms with Gasteiger partial charge in [-0.3, -0.25) is 14.5 Å². The number of likely N-dealkylation sites (tertiary alicyclic amines) is 1. The highest BCUT2D eigenvalue weighted by Gasteiger charge is 2.28. The third-order valence-electron chi connectivity index (χ3n) is 2.79. The highest BCUT2D eigenvalue weighted by Crippen LogP contribution is 2.18. The number of aromatic nitrogens is 2. The lowest BCUT2D eigenvalue weighted by molar-refractivity contribution is -0.138. The van der Waals surface area contributed by atoms with Gasteiger partial charge in [0.05, 0.1) is 6.10 Å². The summed E-state index contributed by atoms with van der Waals surface area (Å²) in [4.78, 5) is 32.4. The summed E-state index contributed by atoms with van der Waals surface area (Å²) in [5.74, 6) is 0.700. The second kappa shape index (κ2) is 6.31. The molecule has 0 bridgehead atoms. The lowest BCUT2D eigenvalue weighted by Crippen LogP contribution is -2.33. The van der Waals surface area contributed by atoms with Gasteiger partial charge in [0, 0.05) is 38.3 Å². The number of carbonyl (C=O) groups is 2. The van der Waals surface area contributed by atoms with Crippen LogP contribution in [0.15, 0.2) is 12.4 Å². The Morgan fingerprint density at radius 3 is 2.55 bits per heavy atom. The lowest BCUT2D eigenvalue weighted by Gasteiger charge is -2.16. The molecular weight excluding hydrogens is 260 g/mol. The van der Waals surface area contributed by atoms with Crippen LogP contribution >= 0.6 is 0 Å². The number of rotatable bonds is 6. The van der Waals surface area contributed by atoms with E-state index in [4.69, 9.17) is 4.74 Å². The van der Waals surface area contributed by atoms with Gasteiger partial charge in [0.25, 0.3) is 5.88 Å². The number of hydrogen-bond donors (Lipinski definition) is 1. The average molecular weight is 278 g/mol. The van der Waals surface area contributed by atoms with Crippen molar-refractivity contribution in [1.29, 1.82) is 0 Å².